The number of carboxylic acid groups (broad SMARTS) is 1. The number of nitrogens with zero attached hydrogens (tertiary/aromatic N) is 1. The fourth-order valence-corrected chi connectivity index (χ4v) is 2.34. The summed E-state index contributed by atoms with van der Waals surface area (Å²) in [6.45, 7) is -1.51. The summed E-state index contributed by atoms with van der Waals surface area (Å²) in [7, 11) is 0. The van der Waals surface area contributed by atoms with E-state index >= 15 is 0 Å². The second kappa shape index (κ2) is 6.43. The molecule has 6 nitrogen and oxygen atoms in total. The van der Waals surface area contributed by atoms with Gasteiger partial charge in [0.05, 0.1) is 12.0 Å². The van der Waals surface area contributed by atoms with E-state index in [1.54, 1.807) is 0 Å². The monoisotopic (exact) mass is 332 g/mol. The maximum absolute atomic E-state index is 12.2. The first-order chi connectivity index (χ1) is 10.7. The van der Waals surface area contributed by atoms with Crippen molar-refractivity contribution < 1.29 is 32.6 Å². The van der Waals surface area contributed by atoms with Gasteiger partial charge in [0.2, 0.25) is 5.88 Å². The molecule has 1 amide bonds. The largest absolute Gasteiger partial charge is 0.481 e. The first-order valence-electron chi connectivity index (χ1n) is 6.89. The van der Waals surface area contributed by atoms with Gasteiger partial charge in [0, 0.05) is 17.8 Å². The lowest BCUT2D eigenvalue weighted by molar-refractivity contribution is -0.154. The second-order valence-corrected chi connectivity index (χ2v) is 5.45. The molecule has 1 aliphatic rings. The zero-order chi connectivity index (χ0) is 17.1. The first kappa shape index (κ1) is 17.0. The molecule has 1 aromatic rings. The van der Waals surface area contributed by atoms with Gasteiger partial charge in [-0.2, -0.15) is 13.2 Å². The number of carbonyl (C=O) groups excluding carboxylic acids is 1. The molecule has 1 aliphatic carbocycles. The van der Waals surface area contributed by atoms with Crippen LogP contribution in [0.25, 0.3) is 0 Å². The SMILES string of the molecule is O=C(O)CC1(NC(=O)c2ccnc(OCC(F)(F)F)c2)CCC1. The molecule has 0 saturated heterocycles. The van der Waals surface area contributed by atoms with Crippen molar-refractivity contribution in [2.75, 3.05) is 6.61 Å². The molecular formula is C14H15F3N2O4. The Balaban J connectivity index is 2.03. The van der Waals surface area contributed by atoms with Gasteiger partial charge in [-0.3, -0.25) is 9.59 Å². The van der Waals surface area contributed by atoms with Crippen LogP contribution in [0.4, 0.5) is 13.2 Å². The van der Waals surface area contributed by atoms with Crippen LogP contribution in [0, 0.1) is 0 Å². The van der Waals surface area contributed by atoms with E-state index in [1.165, 1.54) is 6.07 Å². The van der Waals surface area contributed by atoms with Gasteiger partial charge in [-0.15, -0.1) is 0 Å². The van der Waals surface area contributed by atoms with Gasteiger partial charge in [-0.25, -0.2) is 4.98 Å². The molecule has 126 valence electrons. The molecule has 1 saturated carbocycles. The molecule has 0 radical (unpaired) electrons. The quantitative estimate of drug-likeness (QED) is 0.833. The van der Waals surface area contributed by atoms with Crippen molar-refractivity contribution in [2.24, 2.45) is 0 Å². The minimum atomic E-state index is -4.50. The van der Waals surface area contributed by atoms with Gasteiger partial charge < -0.3 is 15.2 Å². The third-order valence-corrected chi connectivity index (χ3v) is 3.56. The molecule has 1 fully saturated rings. The van der Waals surface area contributed by atoms with E-state index < -0.39 is 30.2 Å². The average Bonchev–Trinajstić information content (AvgIpc) is 2.41. The normalized spacial score (nSPS) is 16.3. The minimum Gasteiger partial charge on any atom is -0.481 e. The number of halogens is 3. The van der Waals surface area contributed by atoms with Gasteiger partial charge in [0.15, 0.2) is 6.61 Å². The molecule has 0 aliphatic heterocycles. The predicted octanol–water partition coefficient (Wildman–Crippen LogP) is 2.15. The maximum Gasteiger partial charge on any atom is 0.422 e. The van der Waals surface area contributed by atoms with E-state index in [4.69, 9.17) is 5.11 Å². The highest BCUT2D eigenvalue weighted by Crippen LogP contribution is 2.35. The molecule has 0 bridgehead atoms. The predicted molar refractivity (Wildman–Crippen MR) is 72.1 cm³/mol. The molecular weight excluding hydrogens is 317 g/mol. The summed E-state index contributed by atoms with van der Waals surface area (Å²) in [4.78, 5) is 26.7. The van der Waals surface area contributed by atoms with Crippen LogP contribution in [-0.4, -0.2) is 40.3 Å². The highest BCUT2D eigenvalue weighted by molar-refractivity contribution is 5.95. The molecule has 0 spiro atoms. The maximum atomic E-state index is 12.2. The molecule has 0 aromatic carbocycles. The van der Waals surface area contributed by atoms with Gasteiger partial charge in [0.25, 0.3) is 5.91 Å². The molecule has 1 heterocycles. The Kier molecular flexibility index (Phi) is 4.76. The summed E-state index contributed by atoms with van der Waals surface area (Å²) in [5.41, 5.74) is -0.729. The summed E-state index contributed by atoms with van der Waals surface area (Å²) < 4.78 is 40.8. The van der Waals surface area contributed by atoms with Crippen molar-refractivity contribution in [3.8, 4) is 5.88 Å². The van der Waals surface area contributed by atoms with Gasteiger partial charge in [0.1, 0.15) is 0 Å². The molecule has 2 rings (SSSR count). The van der Waals surface area contributed by atoms with E-state index in [0.29, 0.717) is 12.8 Å². The average molecular weight is 332 g/mol. The number of hydrogen-bond acceptors (Lipinski definition) is 4. The van der Waals surface area contributed by atoms with Gasteiger partial charge in [-0.05, 0) is 25.3 Å². The van der Waals surface area contributed by atoms with Gasteiger partial charge >= 0.3 is 12.1 Å². The van der Waals surface area contributed by atoms with Crippen molar-refractivity contribution in [3.05, 3.63) is 23.9 Å². The lowest BCUT2D eigenvalue weighted by Crippen LogP contribution is -2.54. The number of hydrogen-bond donors (Lipinski definition) is 2. The summed E-state index contributed by atoms with van der Waals surface area (Å²) in [6.07, 6.45) is -1.63. The van der Waals surface area contributed by atoms with Crippen LogP contribution < -0.4 is 10.1 Å². The number of aliphatic carboxylic acids is 1. The topological polar surface area (TPSA) is 88.5 Å². The number of nitrogens with one attached hydrogen (secondary N) is 1. The summed E-state index contributed by atoms with van der Waals surface area (Å²) >= 11 is 0. The summed E-state index contributed by atoms with van der Waals surface area (Å²) in [6, 6.07) is 2.41. The summed E-state index contributed by atoms with van der Waals surface area (Å²) in [5.74, 6) is -1.91. The zero-order valence-electron chi connectivity index (χ0n) is 12.0. The lowest BCUT2D eigenvalue weighted by atomic mass is 9.74. The van der Waals surface area contributed by atoms with Crippen molar-refractivity contribution in [1.29, 1.82) is 0 Å². The Morgan fingerprint density at radius 1 is 1.39 bits per heavy atom. The van der Waals surface area contributed by atoms with Crippen LogP contribution >= 0.6 is 0 Å². The van der Waals surface area contributed by atoms with Crippen LogP contribution in [-0.2, 0) is 4.79 Å². The fourth-order valence-electron chi connectivity index (χ4n) is 2.34. The van der Waals surface area contributed by atoms with Crippen molar-refractivity contribution >= 4 is 11.9 Å². The highest BCUT2D eigenvalue weighted by Gasteiger charge is 2.40. The Labute approximate surface area is 129 Å². The van der Waals surface area contributed by atoms with Crippen molar-refractivity contribution in [1.82, 2.24) is 10.3 Å². The number of carboxylic acids is 1. The Morgan fingerprint density at radius 2 is 2.09 bits per heavy atom. The smallest absolute Gasteiger partial charge is 0.422 e. The lowest BCUT2D eigenvalue weighted by Gasteiger charge is -2.41. The second-order valence-electron chi connectivity index (χ2n) is 5.45. The minimum absolute atomic E-state index is 0.0637. The number of amides is 1. The van der Waals surface area contributed by atoms with Crippen LogP contribution in [0.5, 0.6) is 5.88 Å². The fraction of sp³-hybridized carbons (Fsp3) is 0.500. The number of rotatable bonds is 6. The summed E-state index contributed by atoms with van der Waals surface area (Å²) in [5, 5.41) is 11.6. The van der Waals surface area contributed by atoms with E-state index in [0.717, 1.165) is 18.7 Å². The molecule has 0 unspecified atom stereocenters. The van der Waals surface area contributed by atoms with Crippen LogP contribution in [0.15, 0.2) is 18.3 Å². The van der Waals surface area contributed by atoms with E-state index in [2.05, 4.69) is 15.0 Å². The van der Waals surface area contributed by atoms with Crippen LogP contribution in [0.2, 0.25) is 0 Å². The third kappa shape index (κ3) is 4.83. The number of alkyl halides is 3. The molecule has 0 atom stereocenters. The van der Waals surface area contributed by atoms with Gasteiger partial charge in [-0.1, -0.05) is 0 Å². The van der Waals surface area contributed by atoms with E-state index in [9.17, 15) is 22.8 Å². The van der Waals surface area contributed by atoms with E-state index in [1.807, 2.05) is 0 Å². The zero-order valence-corrected chi connectivity index (χ0v) is 12.0. The van der Waals surface area contributed by atoms with Crippen LogP contribution in [0.1, 0.15) is 36.0 Å². The Hall–Kier alpha value is -2.32. The highest BCUT2D eigenvalue weighted by atomic mass is 19.4. The van der Waals surface area contributed by atoms with E-state index in [-0.39, 0.29) is 17.9 Å². The number of ether oxygens (including phenoxy) is 1. The molecule has 2 N–H and O–H groups in total. The van der Waals surface area contributed by atoms with Crippen molar-refractivity contribution in [2.45, 2.75) is 37.4 Å². The Bertz CT molecular complexity index is 600. The first-order valence-corrected chi connectivity index (χ1v) is 6.89. The standard InChI is InChI=1S/C14H15F3N2O4/c15-14(16,17)8-23-10-6-9(2-5-18-10)12(22)19-13(3-1-4-13)7-11(20)21/h2,5-6H,1,3-4,7-8H2,(H,19,22)(H,20,21). The number of carbonyl (C=O) groups is 2. The third-order valence-electron chi connectivity index (χ3n) is 3.56. The molecule has 23 heavy (non-hydrogen) atoms. The number of pyridine rings is 1. The Morgan fingerprint density at radius 3 is 2.61 bits per heavy atom. The van der Waals surface area contributed by atoms with Crippen LogP contribution in [0.3, 0.4) is 0 Å². The molecule has 1 aromatic heterocycles. The van der Waals surface area contributed by atoms with Crippen molar-refractivity contribution in [3.63, 3.8) is 0 Å². The number of aromatic nitrogens is 1. The molecule has 9 heteroatoms.